The number of carbonyl (C=O) groups excluding carboxylic acids is 2. The first kappa shape index (κ1) is 35.8. The smallest absolute Gasteiger partial charge is 0.224 e. The number of aliphatic hydroxyl groups is 1. The summed E-state index contributed by atoms with van der Waals surface area (Å²) in [6.45, 7) is 2.01. The van der Waals surface area contributed by atoms with E-state index in [1.54, 1.807) is 12.1 Å². The van der Waals surface area contributed by atoms with E-state index < -0.39 is 6.29 Å². The van der Waals surface area contributed by atoms with Gasteiger partial charge in [0.1, 0.15) is 0 Å². The van der Waals surface area contributed by atoms with Gasteiger partial charge in [-0.05, 0) is 54.3 Å². The topological polar surface area (TPSA) is 126 Å². The quantitative estimate of drug-likeness (QED) is 0.0781. The molecule has 3 atom stereocenters. The van der Waals surface area contributed by atoms with Gasteiger partial charge >= 0.3 is 0 Å². The molecule has 9 nitrogen and oxygen atoms in total. The number of hydrogen-bond acceptors (Lipinski definition) is 7. The zero-order chi connectivity index (χ0) is 34.4. The van der Waals surface area contributed by atoms with Gasteiger partial charge in [0.15, 0.2) is 6.29 Å². The molecule has 0 bridgehead atoms. The highest BCUT2D eigenvalue weighted by Crippen LogP contribution is 2.38. The number of likely N-dealkylation sites (N-methyl/N-ethyl adjacent to an activating group) is 1. The molecule has 4 aromatic carbocycles. The van der Waals surface area contributed by atoms with Crippen LogP contribution in [0, 0.1) is 0 Å². The lowest BCUT2D eigenvalue weighted by atomic mass is 9.99. The van der Waals surface area contributed by atoms with Crippen molar-refractivity contribution in [2.45, 2.75) is 76.7 Å². The molecule has 1 aliphatic rings. The molecule has 1 saturated heterocycles. The van der Waals surface area contributed by atoms with Gasteiger partial charge in [-0.15, -0.1) is 0 Å². The predicted molar refractivity (Wildman–Crippen MR) is 192 cm³/mol. The average molecular weight is 665 g/mol. The van der Waals surface area contributed by atoms with Gasteiger partial charge in [-0.3, -0.25) is 14.5 Å². The van der Waals surface area contributed by atoms with E-state index in [9.17, 15) is 14.7 Å². The van der Waals surface area contributed by atoms with Crippen LogP contribution < -0.4 is 16.4 Å². The Labute approximate surface area is 289 Å². The third-order valence-electron chi connectivity index (χ3n) is 8.71. The number of benzene rings is 4. The van der Waals surface area contributed by atoms with Crippen LogP contribution in [0.4, 0.5) is 11.4 Å². The fourth-order valence-electron chi connectivity index (χ4n) is 5.99. The Morgan fingerprint density at radius 3 is 2.14 bits per heavy atom. The number of hydrogen-bond donors (Lipinski definition) is 4. The number of aliphatic hydroxyl groups excluding tert-OH is 1. The third-order valence-corrected chi connectivity index (χ3v) is 8.71. The van der Waals surface area contributed by atoms with Gasteiger partial charge in [-0.1, -0.05) is 97.4 Å². The molecule has 49 heavy (non-hydrogen) atoms. The van der Waals surface area contributed by atoms with Crippen LogP contribution in [0.3, 0.4) is 0 Å². The van der Waals surface area contributed by atoms with Crippen molar-refractivity contribution in [1.82, 2.24) is 10.2 Å². The molecule has 0 aliphatic carbocycles. The van der Waals surface area contributed by atoms with Gasteiger partial charge in [0.2, 0.25) is 11.8 Å². The van der Waals surface area contributed by atoms with Crippen LogP contribution in [-0.2, 0) is 38.8 Å². The number of ether oxygens (including phenoxy) is 2. The highest BCUT2D eigenvalue weighted by atomic mass is 16.7. The minimum Gasteiger partial charge on any atom is -0.397 e. The molecule has 0 aromatic heterocycles. The van der Waals surface area contributed by atoms with E-state index in [1.807, 2.05) is 66.7 Å². The third kappa shape index (κ3) is 11.3. The molecule has 258 valence electrons. The van der Waals surface area contributed by atoms with E-state index in [2.05, 4.69) is 46.8 Å². The first-order valence-corrected chi connectivity index (χ1v) is 17.1. The van der Waals surface area contributed by atoms with Crippen LogP contribution in [0.15, 0.2) is 103 Å². The second kappa shape index (κ2) is 18.3. The van der Waals surface area contributed by atoms with Gasteiger partial charge in [-0.2, -0.15) is 0 Å². The maximum atomic E-state index is 12.5. The fraction of sp³-hybridized carbons (Fsp3) is 0.350. The molecular formula is C40H48N4O5. The van der Waals surface area contributed by atoms with E-state index in [-0.39, 0.29) is 30.6 Å². The van der Waals surface area contributed by atoms with Crippen molar-refractivity contribution >= 4 is 23.2 Å². The monoisotopic (exact) mass is 664 g/mol. The molecule has 4 aromatic rings. The van der Waals surface area contributed by atoms with Crippen molar-refractivity contribution in [2.75, 3.05) is 24.6 Å². The predicted octanol–water partition coefficient (Wildman–Crippen LogP) is 6.64. The lowest BCUT2D eigenvalue weighted by Gasteiger charge is -2.38. The van der Waals surface area contributed by atoms with Crippen LogP contribution in [0.1, 0.15) is 78.7 Å². The average Bonchev–Trinajstić information content (AvgIpc) is 3.12. The van der Waals surface area contributed by atoms with Crippen molar-refractivity contribution in [3.63, 3.8) is 0 Å². The van der Waals surface area contributed by atoms with Crippen molar-refractivity contribution in [3.8, 4) is 0 Å². The van der Waals surface area contributed by atoms with E-state index in [4.69, 9.17) is 15.2 Å². The second-order valence-corrected chi connectivity index (χ2v) is 12.7. The highest BCUT2D eigenvalue weighted by Gasteiger charge is 2.32. The van der Waals surface area contributed by atoms with E-state index in [1.165, 1.54) is 5.56 Å². The normalized spacial score (nSPS) is 17.5. The molecular weight excluding hydrogens is 616 g/mol. The number of nitrogens with zero attached hydrogens (tertiary/aromatic N) is 1. The number of amides is 2. The van der Waals surface area contributed by atoms with E-state index >= 15 is 0 Å². The number of nitrogens with two attached hydrogens (primary N) is 1. The summed E-state index contributed by atoms with van der Waals surface area (Å²) in [6, 6.07) is 33.5. The number of unbranched alkanes of at least 4 members (excludes halogenated alkanes) is 2. The summed E-state index contributed by atoms with van der Waals surface area (Å²) >= 11 is 0. The minimum absolute atomic E-state index is 0.00343. The SMILES string of the molecule is CN(Cc1ccccc1)CC1CC(c2ccc(CO)cc2)OC(c2ccc(CNC(=O)CCCCCC(=O)Nc3ccccc3N)cc2)O1. The van der Waals surface area contributed by atoms with Gasteiger partial charge in [-0.25, -0.2) is 0 Å². The number of para-hydroxylation sites is 2. The standard InChI is InChI=1S/C40H48N4O5/c1-44(26-30-10-4-2-5-11-30)27-34-24-37(32-20-18-31(28-45)19-21-32)49-40(48-34)33-22-16-29(17-23-33)25-42-38(46)14-6-3-7-15-39(47)43-36-13-9-8-12-35(36)41/h2,4-5,8-13,16-23,34,37,40,45H,3,6-7,14-15,24-28,41H2,1H3,(H,42,46)(H,43,47). The van der Waals surface area contributed by atoms with Crippen LogP contribution in [0.25, 0.3) is 0 Å². The Kier molecular flexibility index (Phi) is 13.3. The largest absolute Gasteiger partial charge is 0.397 e. The van der Waals surface area contributed by atoms with E-state index in [0.717, 1.165) is 41.8 Å². The van der Waals surface area contributed by atoms with Crippen molar-refractivity contribution in [1.29, 1.82) is 0 Å². The molecule has 1 heterocycles. The van der Waals surface area contributed by atoms with E-state index in [0.29, 0.717) is 50.0 Å². The van der Waals surface area contributed by atoms with Crippen molar-refractivity contribution in [2.24, 2.45) is 0 Å². The Morgan fingerprint density at radius 2 is 1.43 bits per heavy atom. The number of carbonyl (C=O) groups is 2. The zero-order valence-electron chi connectivity index (χ0n) is 28.2. The summed E-state index contributed by atoms with van der Waals surface area (Å²) in [5.74, 6) is -0.0879. The number of nitrogens with one attached hydrogen (secondary N) is 2. The number of rotatable bonds is 16. The zero-order valence-corrected chi connectivity index (χ0v) is 28.2. The molecule has 0 spiro atoms. The molecule has 9 heteroatoms. The van der Waals surface area contributed by atoms with Crippen LogP contribution in [-0.4, -0.2) is 41.5 Å². The molecule has 5 rings (SSSR count). The Bertz CT molecular complexity index is 1610. The number of anilines is 2. The highest BCUT2D eigenvalue weighted by molar-refractivity contribution is 5.93. The van der Waals surface area contributed by atoms with Crippen LogP contribution in [0.5, 0.6) is 0 Å². The Balaban J connectivity index is 1.09. The van der Waals surface area contributed by atoms with Gasteiger partial charge in [0, 0.05) is 44.5 Å². The first-order valence-electron chi connectivity index (χ1n) is 17.1. The van der Waals surface area contributed by atoms with Crippen molar-refractivity contribution < 1.29 is 24.2 Å². The summed E-state index contributed by atoms with van der Waals surface area (Å²) in [5.41, 5.74) is 12.1. The summed E-state index contributed by atoms with van der Waals surface area (Å²) < 4.78 is 13.0. The first-order chi connectivity index (χ1) is 23.9. The molecule has 3 unspecified atom stereocenters. The van der Waals surface area contributed by atoms with Gasteiger partial charge < -0.3 is 30.9 Å². The summed E-state index contributed by atoms with van der Waals surface area (Å²) in [7, 11) is 2.11. The van der Waals surface area contributed by atoms with Gasteiger partial charge in [0.25, 0.3) is 0 Å². The summed E-state index contributed by atoms with van der Waals surface area (Å²) in [5, 5.41) is 15.3. The lowest BCUT2D eigenvalue weighted by molar-refractivity contribution is -0.252. The minimum atomic E-state index is -0.540. The Hall–Kier alpha value is -4.54. The number of nitrogen functional groups attached to an aromatic ring is 1. The molecule has 5 N–H and O–H groups in total. The van der Waals surface area contributed by atoms with Crippen molar-refractivity contribution in [3.05, 3.63) is 131 Å². The fourth-order valence-corrected chi connectivity index (χ4v) is 5.99. The van der Waals surface area contributed by atoms with Crippen LogP contribution >= 0.6 is 0 Å². The Morgan fingerprint density at radius 1 is 0.776 bits per heavy atom. The molecule has 0 radical (unpaired) electrons. The second-order valence-electron chi connectivity index (χ2n) is 12.7. The molecule has 2 amide bonds. The lowest BCUT2D eigenvalue weighted by Crippen LogP contribution is -2.37. The molecule has 0 saturated carbocycles. The summed E-state index contributed by atoms with van der Waals surface area (Å²) in [4.78, 5) is 27.0. The maximum absolute atomic E-state index is 12.5. The molecule has 1 fully saturated rings. The maximum Gasteiger partial charge on any atom is 0.224 e. The van der Waals surface area contributed by atoms with Gasteiger partial charge in [0.05, 0.1) is 30.2 Å². The summed E-state index contributed by atoms with van der Waals surface area (Å²) in [6.07, 6.45) is 2.98. The molecule has 1 aliphatic heterocycles. The van der Waals surface area contributed by atoms with Crippen LogP contribution in [0.2, 0.25) is 0 Å².